The van der Waals surface area contributed by atoms with E-state index >= 15 is 0 Å². The quantitative estimate of drug-likeness (QED) is 0.630. The molecule has 0 unspecified atom stereocenters. The largest absolute Gasteiger partial charge is 0.460 e. The number of benzene rings is 2. The molecule has 92 valence electrons. The fourth-order valence-electron chi connectivity index (χ4n) is 2.39. The molecule has 3 rings (SSSR count). The average Bonchev–Trinajstić information content (AvgIpc) is 2.75. The van der Waals surface area contributed by atoms with Crippen LogP contribution in [0.5, 0.6) is 0 Å². The molecule has 0 amide bonds. The molecule has 0 spiro atoms. The molecule has 2 nitrogen and oxygen atoms in total. The third kappa shape index (κ3) is 1.80. The minimum atomic E-state index is 0.638. The van der Waals surface area contributed by atoms with Gasteiger partial charge < -0.3 is 4.42 Å². The molecule has 1 heterocycles. The lowest BCUT2D eigenvalue weighted by atomic mass is 10.0. The van der Waals surface area contributed by atoms with Gasteiger partial charge in [0.05, 0.1) is 11.6 Å². The second kappa shape index (κ2) is 4.29. The zero-order valence-corrected chi connectivity index (χ0v) is 10.9. The highest BCUT2D eigenvalue weighted by Gasteiger charge is 2.14. The molecule has 0 N–H and O–H groups in total. The average molecular weight is 247 g/mol. The Morgan fingerprint density at radius 3 is 2.58 bits per heavy atom. The maximum Gasteiger partial charge on any atom is 0.143 e. The molecule has 2 aromatic carbocycles. The van der Waals surface area contributed by atoms with E-state index in [0.717, 1.165) is 27.9 Å². The van der Waals surface area contributed by atoms with Crippen molar-refractivity contribution in [2.45, 2.75) is 13.8 Å². The standard InChI is InChI=1S/C17H13NO/c1-11-7-8-15-16(9-11)12(2)19-17(15)14-6-4-3-5-13(14)10-18/h3-9H,1-2H3. The lowest BCUT2D eigenvalue weighted by Crippen LogP contribution is -1.82. The number of aryl methyl sites for hydroxylation is 2. The Hall–Kier alpha value is -2.53. The van der Waals surface area contributed by atoms with Gasteiger partial charge in [0, 0.05) is 16.3 Å². The van der Waals surface area contributed by atoms with Crippen LogP contribution >= 0.6 is 0 Å². The predicted octanol–water partition coefficient (Wildman–Crippen LogP) is 4.59. The van der Waals surface area contributed by atoms with E-state index < -0.39 is 0 Å². The van der Waals surface area contributed by atoms with E-state index in [1.165, 1.54) is 5.56 Å². The summed E-state index contributed by atoms with van der Waals surface area (Å²) in [5, 5.41) is 11.4. The van der Waals surface area contributed by atoms with Gasteiger partial charge in [0.15, 0.2) is 0 Å². The highest BCUT2D eigenvalue weighted by molar-refractivity contribution is 5.97. The van der Waals surface area contributed by atoms with Crippen molar-refractivity contribution in [2.75, 3.05) is 0 Å². The van der Waals surface area contributed by atoms with Crippen LogP contribution in [-0.4, -0.2) is 0 Å². The van der Waals surface area contributed by atoms with Crippen LogP contribution in [-0.2, 0) is 0 Å². The number of rotatable bonds is 1. The van der Waals surface area contributed by atoms with Crippen LogP contribution in [0.25, 0.3) is 22.1 Å². The SMILES string of the molecule is Cc1ccc2c(-c3ccccc3C#N)oc(C)c2c1. The fourth-order valence-corrected chi connectivity index (χ4v) is 2.39. The summed E-state index contributed by atoms with van der Waals surface area (Å²) < 4.78 is 5.90. The summed E-state index contributed by atoms with van der Waals surface area (Å²) in [6.07, 6.45) is 0. The van der Waals surface area contributed by atoms with E-state index in [2.05, 4.69) is 31.2 Å². The van der Waals surface area contributed by atoms with Crippen molar-refractivity contribution in [3.8, 4) is 17.4 Å². The monoisotopic (exact) mass is 247 g/mol. The van der Waals surface area contributed by atoms with E-state index in [1.54, 1.807) is 0 Å². The van der Waals surface area contributed by atoms with Gasteiger partial charge in [-0.1, -0.05) is 29.8 Å². The molecule has 0 aliphatic carbocycles. The smallest absolute Gasteiger partial charge is 0.143 e. The number of fused-ring (bicyclic) bond motifs is 1. The van der Waals surface area contributed by atoms with E-state index in [-0.39, 0.29) is 0 Å². The zero-order valence-electron chi connectivity index (χ0n) is 10.9. The van der Waals surface area contributed by atoms with Crippen LogP contribution in [0.4, 0.5) is 0 Å². The number of furan rings is 1. The Morgan fingerprint density at radius 2 is 1.79 bits per heavy atom. The van der Waals surface area contributed by atoms with Crippen molar-refractivity contribution < 1.29 is 4.42 Å². The molecule has 0 fully saturated rings. The van der Waals surface area contributed by atoms with Crippen molar-refractivity contribution in [3.63, 3.8) is 0 Å². The van der Waals surface area contributed by atoms with E-state index in [4.69, 9.17) is 4.42 Å². The van der Waals surface area contributed by atoms with Gasteiger partial charge in [0.25, 0.3) is 0 Å². The van der Waals surface area contributed by atoms with Crippen LogP contribution in [0, 0.1) is 25.2 Å². The molecular weight excluding hydrogens is 234 g/mol. The van der Waals surface area contributed by atoms with Gasteiger partial charge in [-0.05, 0) is 32.0 Å². The molecule has 0 saturated carbocycles. The maximum atomic E-state index is 9.21. The summed E-state index contributed by atoms with van der Waals surface area (Å²) in [4.78, 5) is 0. The lowest BCUT2D eigenvalue weighted by Gasteiger charge is -2.01. The summed E-state index contributed by atoms with van der Waals surface area (Å²) in [5.41, 5.74) is 2.70. The van der Waals surface area contributed by atoms with Gasteiger partial charge in [-0.3, -0.25) is 0 Å². The fraction of sp³-hybridized carbons (Fsp3) is 0.118. The highest BCUT2D eigenvalue weighted by Crippen LogP contribution is 2.35. The number of hydrogen-bond donors (Lipinski definition) is 0. The van der Waals surface area contributed by atoms with Crippen molar-refractivity contribution in [1.29, 1.82) is 5.26 Å². The van der Waals surface area contributed by atoms with E-state index in [0.29, 0.717) is 5.56 Å². The molecule has 0 aliphatic heterocycles. The third-order valence-electron chi connectivity index (χ3n) is 3.35. The predicted molar refractivity (Wildman–Crippen MR) is 75.8 cm³/mol. The Labute approximate surface area is 111 Å². The van der Waals surface area contributed by atoms with Crippen LogP contribution in [0.1, 0.15) is 16.9 Å². The second-order valence-corrected chi connectivity index (χ2v) is 4.69. The molecule has 0 radical (unpaired) electrons. The normalized spacial score (nSPS) is 10.6. The molecule has 0 saturated heterocycles. The molecule has 0 aliphatic rings. The molecule has 1 aromatic heterocycles. The maximum absolute atomic E-state index is 9.21. The van der Waals surface area contributed by atoms with Gasteiger partial charge in [0.1, 0.15) is 11.5 Å². The van der Waals surface area contributed by atoms with Gasteiger partial charge >= 0.3 is 0 Å². The number of nitriles is 1. The van der Waals surface area contributed by atoms with Crippen LogP contribution in [0.15, 0.2) is 46.9 Å². The summed E-state index contributed by atoms with van der Waals surface area (Å²) >= 11 is 0. The molecule has 19 heavy (non-hydrogen) atoms. The Morgan fingerprint density at radius 1 is 1.00 bits per heavy atom. The van der Waals surface area contributed by atoms with Gasteiger partial charge in [-0.25, -0.2) is 0 Å². The van der Waals surface area contributed by atoms with E-state index in [1.807, 2.05) is 31.2 Å². The summed E-state index contributed by atoms with van der Waals surface area (Å²) in [6.45, 7) is 4.02. The van der Waals surface area contributed by atoms with Crippen molar-refractivity contribution in [2.24, 2.45) is 0 Å². The first-order valence-electron chi connectivity index (χ1n) is 6.20. The van der Waals surface area contributed by atoms with Gasteiger partial charge in [0.2, 0.25) is 0 Å². The first-order chi connectivity index (χ1) is 9.20. The number of nitrogens with zero attached hydrogens (tertiary/aromatic N) is 1. The first-order valence-corrected chi connectivity index (χ1v) is 6.20. The van der Waals surface area contributed by atoms with Crippen LogP contribution < -0.4 is 0 Å². The highest BCUT2D eigenvalue weighted by atomic mass is 16.3. The van der Waals surface area contributed by atoms with Crippen LogP contribution in [0.2, 0.25) is 0 Å². The van der Waals surface area contributed by atoms with Crippen molar-refractivity contribution >= 4 is 10.8 Å². The van der Waals surface area contributed by atoms with Crippen LogP contribution in [0.3, 0.4) is 0 Å². The third-order valence-corrected chi connectivity index (χ3v) is 3.35. The second-order valence-electron chi connectivity index (χ2n) is 4.69. The van der Waals surface area contributed by atoms with E-state index in [9.17, 15) is 5.26 Å². The molecular formula is C17H13NO. The van der Waals surface area contributed by atoms with Gasteiger partial charge in [-0.15, -0.1) is 0 Å². The summed E-state index contributed by atoms with van der Waals surface area (Å²) in [5.74, 6) is 1.67. The minimum absolute atomic E-state index is 0.638. The lowest BCUT2D eigenvalue weighted by molar-refractivity contribution is 0.553. The number of hydrogen-bond acceptors (Lipinski definition) is 2. The zero-order chi connectivity index (χ0) is 13.4. The molecule has 0 bridgehead atoms. The molecule has 0 atom stereocenters. The minimum Gasteiger partial charge on any atom is -0.460 e. The Balaban J connectivity index is 2.35. The molecule has 2 heteroatoms. The first kappa shape index (κ1) is 11.6. The topological polar surface area (TPSA) is 36.9 Å². The Bertz CT molecular complexity index is 806. The van der Waals surface area contributed by atoms with Crippen molar-refractivity contribution in [3.05, 3.63) is 59.4 Å². The van der Waals surface area contributed by atoms with Gasteiger partial charge in [-0.2, -0.15) is 5.26 Å². The Kier molecular flexibility index (Phi) is 2.61. The summed E-state index contributed by atoms with van der Waals surface area (Å²) in [6, 6.07) is 16.0. The summed E-state index contributed by atoms with van der Waals surface area (Å²) in [7, 11) is 0. The molecule has 3 aromatic rings. The van der Waals surface area contributed by atoms with Crippen molar-refractivity contribution in [1.82, 2.24) is 0 Å².